The van der Waals surface area contributed by atoms with Crippen molar-refractivity contribution in [1.29, 1.82) is 0 Å². The third-order valence-electron chi connectivity index (χ3n) is 3.30. The fourth-order valence-electron chi connectivity index (χ4n) is 2.11. The number of hydrogen-bond acceptors (Lipinski definition) is 3. The first kappa shape index (κ1) is 15.7. The molecule has 3 heteroatoms. The summed E-state index contributed by atoms with van der Waals surface area (Å²) in [5, 5.41) is 5.73. The fraction of sp³-hybridized carbons (Fsp3) is 0.733. The predicted molar refractivity (Wildman–Crippen MR) is 82.5 cm³/mol. The molecule has 1 aromatic heterocycles. The quantitative estimate of drug-likeness (QED) is 0.738. The van der Waals surface area contributed by atoms with E-state index in [9.17, 15) is 0 Å². The second-order valence-corrected chi connectivity index (χ2v) is 6.35. The molecule has 18 heavy (non-hydrogen) atoms. The highest BCUT2D eigenvalue weighted by molar-refractivity contribution is 7.09. The summed E-state index contributed by atoms with van der Waals surface area (Å²) in [6, 6.07) is 5.62. The molecule has 1 aromatic rings. The minimum absolute atomic E-state index is 0.579. The van der Waals surface area contributed by atoms with Crippen LogP contribution in [-0.2, 0) is 6.42 Å². The van der Waals surface area contributed by atoms with Crippen LogP contribution in [0.4, 0.5) is 0 Å². The Morgan fingerprint density at radius 3 is 2.72 bits per heavy atom. The van der Waals surface area contributed by atoms with Crippen molar-refractivity contribution in [2.45, 2.75) is 52.1 Å². The van der Waals surface area contributed by atoms with Crippen LogP contribution < -0.4 is 5.32 Å². The van der Waals surface area contributed by atoms with Gasteiger partial charge in [-0.05, 0) is 31.3 Å². The number of likely N-dealkylation sites (N-methyl/N-ethyl adjacent to an activating group) is 1. The summed E-state index contributed by atoms with van der Waals surface area (Å²) in [7, 11) is 2.26. The van der Waals surface area contributed by atoms with Crippen LogP contribution in [0.3, 0.4) is 0 Å². The minimum Gasteiger partial charge on any atom is -0.313 e. The molecule has 0 radical (unpaired) electrons. The summed E-state index contributed by atoms with van der Waals surface area (Å²) < 4.78 is 0. The maximum Gasteiger partial charge on any atom is 0.0217 e. The Morgan fingerprint density at radius 1 is 1.39 bits per heavy atom. The van der Waals surface area contributed by atoms with Crippen molar-refractivity contribution in [2.24, 2.45) is 0 Å². The summed E-state index contributed by atoms with van der Waals surface area (Å²) in [5.74, 6) is 0. The van der Waals surface area contributed by atoms with Gasteiger partial charge in [-0.1, -0.05) is 33.3 Å². The van der Waals surface area contributed by atoms with E-state index in [1.54, 1.807) is 0 Å². The molecule has 0 saturated heterocycles. The molecule has 0 spiro atoms. The highest BCUT2D eigenvalue weighted by atomic mass is 32.1. The Morgan fingerprint density at radius 2 is 2.17 bits per heavy atom. The van der Waals surface area contributed by atoms with Crippen molar-refractivity contribution in [1.82, 2.24) is 10.2 Å². The largest absolute Gasteiger partial charge is 0.313 e. The van der Waals surface area contributed by atoms with Crippen LogP contribution >= 0.6 is 11.3 Å². The maximum absolute atomic E-state index is 3.57. The second kappa shape index (κ2) is 8.68. The number of rotatable bonds is 9. The van der Waals surface area contributed by atoms with Gasteiger partial charge in [-0.2, -0.15) is 0 Å². The smallest absolute Gasteiger partial charge is 0.0217 e. The molecular weight excluding hydrogens is 240 g/mol. The van der Waals surface area contributed by atoms with Gasteiger partial charge in [0.25, 0.3) is 0 Å². The number of nitrogens with one attached hydrogen (secondary N) is 1. The Kier molecular flexibility index (Phi) is 7.56. The first-order chi connectivity index (χ1) is 8.63. The van der Waals surface area contributed by atoms with Crippen molar-refractivity contribution in [2.75, 3.05) is 20.1 Å². The molecule has 0 bridgehead atoms. The van der Waals surface area contributed by atoms with E-state index in [1.807, 2.05) is 11.3 Å². The second-order valence-electron chi connectivity index (χ2n) is 5.32. The van der Waals surface area contributed by atoms with E-state index in [-0.39, 0.29) is 0 Å². The molecule has 104 valence electrons. The zero-order valence-corrected chi connectivity index (χ0v) is 13.1. The van der Waals surface area contributed by atoms with Crippen LogP contribution in [0.25, 0.3) is 0 Å². The Bertz CT molecular complexity index is 295. The van der Waals surface area contributed by atoms with E-state index in [4.69, 9.17) is 0 Å². The fourth-order valence-corrected chi connectivity index (χ4v) is 2.81. The molecule has 1 unspecified atom stereocenters. The van der Waals surface area contributed by atoms with E-state index in [0.29, 0.717) is 12.1 Å². The summed E-state index contributed by atoms with van der Waals surface area (Å²) >= 11 is 1.87. The Hall–Kier alpha value is -0.380. The lowest BCUT2D eigenvalue weighted by molar-refractivity contribution is 0.222. The van der Waals surface area contributed by atoms with Crippen LogP contribution in [0.2, 0.25) is 0 Å². The van der Waals surface area contributed by atoms with Crippen molar-refractivity contribution in [3.63, 3.8) is 0 Å². The third kappa shape index (κ3) is 5.98. The molecule has 0 aliphatic heterocycles. The van der Waals surface area contributed by atoms with Crippen LogP contribution in [0, 0.1) is 0 Å². The molecular formula is C15H28N2S. The van der Waals surface area contributed by atoms with Crippen LogP contribution in [-0.4, -0.2) is 37.1 Å². The number of hydrogen-bond donors (Lipinski definition) is 1. The van der Waals surface area contributed by atoms with E-state index in [0.717, 1.165) is 13.1 Å². The molecule has 1 N–H and O–H groups in total. The van der Waals surface area contributed by atoms with Gasteiger partial charge in [0.1, 0.15) is 0 Å². The SMILES string of the molecule is CCCC(CNC(C)C)N(C)CCc1cccs1. The molecule has 0 aliphatic carbocycles. The highest BCUT2D eigenvalue weighted by Crippen LogP contribution is 2.11. The lowest BCUT2D eigenvalue weighted by atomic mass is 10.1. The topological polar surface area (TPSA) is 15.3 Å². The molecule has 0 aliphatic rings. The van der Waals surface area contributed by atoms with E-state index in [1.165, 1.54) is 24.1 Å². The van der Waals surface area contributed by atoms with Gasteiger partial charge in [0.05, 0.1) is 0 Å². The summed E-state index contributed by atoms with van der Waals surface area (Å²) in [5.41, 5.74) is 0. The average molecular weight is 268 g/mol. The first-order valence-electron chi connectivity index (χ1n) is 7.09. The predicted octanol–water partition coefficient (Wildman–Crippen LogP) is 3.39. The molecule has 1 heterocycles. The highest BCUT2D eigenvalue weighted by Gasteiger charge is 2.13. The van der Waals surface area contributed by atoms with Gasteiger partial charge in [0.15, 0.2) is 0 Å². The molecule has 1 rings (SSSR count). The Balaban J connectivity index is 2.35. The zero-order chi connectivity index (χ0) is 13.4. The maximum atomic E-state index is 3.57. The number of thiophene rings is 1. The molecule has 0 saturated carbocycles. The lowest BCUT2D eigenvalue weighted by Crippen LogP contribution is -2.42. The van der Waals surface area contributed by atoms with Crippen molar-refractivity contribution in [3.05, 3.63) is 22.4 Å². The third-order valence-corrected chi connectivity index (χ3v) is 4.23. The summed E-state index contributed by atoms with van der Waals surface area (Å²) in [6.45, 7) is 8.97. The first-order valence-corrected chi connectivity index (χ1v) is 7.97. The Labute approximate surface area is 116 Å². The van der Waals surface area contributed by atoms with Gasteiger partial charge < -0.3 is 10.2 Å². The van der Waals surface area contributed by atoms with Crippen LogP contribution in [0.5, 0.6) is 0 Å². The van der Waals surface area contributed by atoms with Gasteiger partial charge in [0.2, 0.25) is 0 Å². The normalized spacial score (nSPS) is 13.4. The molecule has 0 aromatic carbocycles. The molecule has 2 nitrogen and oxygen atoms in total. The van der Waals surface area contributed by atoms with Gasteiger partial charge in [-0.15, -0.1) is 11.3 Å². The zero-order valence-electron chi connectivity index (χ0n) is 12.3. The van der Waals surface area contributed by atoms with Crippen molar-refractivity contribution in [3.8, 4) is 0 Å². The number of nitrogens with zero attached hydrogens (tertiary/aromatic N) is 1. The minimum atomic E-state index is 0.579. The average Bonchev–Trinajstić information content (AvgIpc) is 2.84. The van der Waals surface area contributed by atoms with Gasteiger partial charge >= 0.3 is 0 Å². The molecule has 0 amide bonds. The van der Waals surface area contributed by atoms with Crippen LogP contribution in [0.15, 0.2) is 17.5 Å². The van der Waals surface area contributed by atoms with Crippen molar-refractivity contribution < 1.29 is 0 Å². The lowest BCUT2D eigenvalue weighted by Gasteiger charge is -2.29. The van der Waals surface area contributed by atoms with E-state index in [2.05, 4.69) is 55.5 Å². The summed E-state index contributed by atoms with van der Waals surface area (Å²) in [4.78, 5) is 4.01. The summed E-state index contributed by atoms with van der Waals surface area (Å²) in [6.07, 6.45) is 3.71. The monoisotopic (exact) mass is 268 g/mol. The van der Waals surface area contributed by atoms with Crippen LogP contribution in [0.1, 0.15) is 38.5 Å². The molecule has 0 fully saturated rings. The van der Waals surface area contributed by atoms with Gasteiger partial charge in [-0.25, -0.2) is 0 Å². The van der Waals surface area contributed by atoms with Gasteiger partial charge in [0, 0.05) is 30.1 Å². The van der Waals surface area contributed by atoms with Gasteiger partial charge in [-0.3, -0.25) is 0 Å². The van der Waals surface area contributed by atoms with E-state index >= 15 is 0 Å². The van der Waals surface area contributed by atoms with Crippen molar-refractivity contribution >= 4 is 11.3 Å². The molecule has 1 atom stereocenters. The standard InChI is InChI=1S/C15H28N2S/c1-5-7-14(12-16-13(2)3)17(4)10-9-15-8-6-11-18-15/h6,8,11,13-14,16H,5,7,9-10,12H2,1-4H3. The van der Waals surface area contributed by atoms with E-state index < -0.39 is 0 Å².